The molecule has 0 aliphatic heterocycles. The van der Waals surface area contributed by atoms with E-state index in [9.17, 15) is 9.90 Å². The normalized spacial score (nSPS) is 11.0. The monoisotopic (exact) mass is 240 g/mol. The highest BCUT2D eigenvalue weighted by Gasteiger charge is 2.12. The highest BCUT2D eigenvalue weighted by molar-refractivity contribution is 5.82. The lowest BCUT2D eigenvalue weighted by Gasteiger charge is -2.16. The van der Waals surface area contributed by atoms with Crippen LogP contribution in [0.3, 0.4) is 0 Å². The van der Waals surface area contributed by atoms with E-state index in [-0.39, 0.29) is 0 Å². The molecule has 1 amide bonds. The lowest BCUT2D eigenvalue weighted by atomic mass is 10.1. The number of hydrogen-bond donors (Lipinski definition) is 3. The molecule has 0 bridgehead atoms. The van der Waals surface area contributed by atoms with E-state index in [1.54, 1.807) is 13.8 Å². The van der Waals surface area contributed by atoms with E-state index >= 15 is 0 Å². The zero-order valence-electron chi connectivity index (χ0n) is 9.80. The summed E-state index contributed by atoms with van der Waals surface area (Å²) in [6, 6.07) is 3.01. The Morgan fingerprint density at radius 1 is 1.59 bits per heavy atom. The predicted molar refractivity (Wildman–Crippen MR) is 62.3 cm³/mol. The van der Waals surface area contributed by atoms with Crippen molar-refractivity contribution in [2.45, 2.75) is 25.9 Å². The van der Waals surface area contributed by atoms with E-state index in [0.29, 0.717) is 24.6 Å². The maximum Gasteiger partial charge on any atom is 0.409 e. The molecule has 17 heavy (non-hydrogen) atoms. The van der Waals surface area contributed by atoms with Gasteiger partial charge < -0.3 is 14.9 Å². The first-order valence-electron chi connectivity index (χ1n) is 5.18. The minimum atomic E-state index is -1.14. The van der Waals surface area contributed by atoms with E-state index < -0.39 is 11.7 Å². The van der Waals surface area contributed by atoms with Gasteiger partial charge in [-0.15, -0.1) is 0 Å². The first-order valence-corrected chi connectivity index (χ1v) is 5.18. The molecule has 0 saturated carbocycles. The average Bonchev–Trinajstić information content (AvgIpc) is 2.15. The minimum absolute atomic E-state index is 0.313. The predicted octanol–water partition coefficient (Wildman–Crippen LogP) is 1.71. The van der Waals surface area contributed by atoms with E-state index in [0.717, 1.165) is 0 Å². The van der Waals surface area contributed by atoms with Crippen molar-refractivity contribution in [2.24, 2.45) is 0 Å². The summed E-state index contributed by atoms with van der Waals surface area (Å²) < 4.78 is 5.30. The van der Waals surface area contributed by atoms with Gasteiger partial charge in [0.15, 0.2) is 0 Å². The smallest absolute Gasteiger partial charge is 0.409 e. The van der Waals surface area contributed by atoms with Crippen LogP contribution in [-0.4, -0.2) is 33.5 Å². The summed E-state index contributed by atoms with van der Waals surface area (Å²) in [7, 11) is 0. The number of amides is 1. The van der Waals surface area contributed by atoms with Crippen LogP contribution < -0.4 is 10.1 Å². The highest BCUT2D eigenvalue weighted by Crippen LogP contribution is 2.15. The van der Waals surface area contributed by atoms with Gasteiger partial charge in [-0.2, -0.15) is 0 Å². The largest absolute Gasteiger partial charge is 0.477 e. The van der Waals surface area contributed by atoms with Gasteiger partial charge in [-0.05, 0) is 19.9 Å². The molecule has 0 aromatic carbocycles. The Morgan fingerprint density at radius 3 is 2.88 bits per heavy atom. The number of pyridine rings is 1. The summed E-state index contributed by atoms with van der Waals surface area (Å²) in [6.07, 6.45) is 0.773. The second-order valence-corrected chi connectivity index (χ2v) is 4.22. The molecule has 0 atom stereocenters. The first kappa shape index (κ1) is 13.2. The van der Waals surface area contributed by atoms with E-state index in [2.05, 4.69) is 10.3 Å². The van der Waals surface area contributed by atoms with Gasteiger partial charge in [0.25, 0.3) is 0 Å². The van der Waals surface area contributed by atoms with Gasteiger partial charge in [-0.1, -0.05) is 0 Å². The van der Waals surface area contributed by atoms with Crippen molar-refractivity contribution >= 4 is 11.8 Å². The standard InChI is InChI=1S/C11H16N2O4/c1-11(2,16)4-6-17-9-7-8(3-5-12-9)13-10(14)15/h3,5,7,16H,4,6H2,1-2H3,(H,12,13)(H,14,15). The van der Waals surface area contributed by atoms with Crippen molar-refractivity contribution in [3.05, 3.63) is 18.3 Å². The topological polar surface area (TPSA) is 91.7 Å². The van der Waals surface area contributed by atoms with Crippen LogP contribution in [0.2, 0.25) is 0 Å². The van der Waals surface area contributed by atoms with Crippen LogP contribution in [0, 0.1) is 0 Å². The van der Waals surface area contributed by atoms with Crippen molar-refractivity contribution in [3.8, 4) is 5.88 Å². The molecule has 0 spiro atoms. The molecule has 0 aliphatic carbocycles. The second-order valence-electron chi connectivity index (χ2n) is 4.22. The molecule has 94 valence electrons. The Hall–Kier alpha value is -1.82. The van der Waals surface area contributed by atoms with Crippen molar-refractivity contribution in [1.29, 1.82) is 0 Å². The van der Waals surface area contributed by atoms with Crippen LogP contribution in [0.5, 0.6) is 5.88 Å². The fraction of sp³-hybridized carbons (Fsp3) is 0.455. The van der Waals surface area contributed by atoms with Gasteiger partial charge in [-0.3, -0.25) is 5.32 Å². The zero-order chi connectivity index (χ0) is 12.9. The Balaban J connectivity index is 2.51. The Morgan fingerprint density at radius 2 is 2.29 bits per heavy atom. The molecule has 0 aliphatic rings. The van der Waals surface area contributed by atoms with Gasteiger partial charge in [0.05, 0.1) is 17.9 Å². The van der Waals surface area contributed by atoms with E-state index in [1.807, 2.05) is 0 Å². The molecule has 6 heteroatoms. The van der Waals surface area contributed by atoms with Gasteiger partial charge in [-0.25, -0.2) is 9.78 Å². The number of ether oxygens (including phenoxy) is 1. The summed E-state index contributed by atoms with van der Waals surface area (Å²) in [4.78, 5) is 14.3. The quantitative estimate of drug-likeness (QED) is 0.728. The summed E-state index contributed by atoms with van der Waals surface area (Å²) in [5.74, 6) is 0.320. The summed E-state index contributed by atoms with van der Waals surface area (Å²) in [6.45, 7) is 3.69. The number of aliphatic hydroxyl groups is 1. The molecule has 1 heterocycles. The third-order valence-corrected chi connectivity index (χ3v) is 1.95. The molecule has 0 unspecified atom stereocenters. The van der Waals surface area contributed by atoms with Gasteiger partial charge in [0.2, 0.25) is 5.88 Å². The molecule has 0 radical (unpaired) electrons. The molecule has 1 aromatic heterocycles. The van der Waals surface area contributed by atoms with E-state index in [1.165, 1.54) is 18.3 Å². The lowest BCUT2D eigenvalue weighted by molar-refractivity contribution is 0.0547. The van der Waals surface area contributed by atoms with E-state index in [4.69, 9.17) is 9.84 Å². The van der Waals surface area contributed by atoms with Gasteiger partial charge >= 0.3 is 6.09 Å². The Labute approximate surface area is 99.3 Å². The van der Waals surface area contributed by atoms with Gasteiger partial charge in [0, 0.05) is 18.7 Å². The van der Waals surface area contributed by atoms with Crippen LogP contribution in [-0.2, 0) is 0 Å². The molecule has 3 N–H and O–H groups in total. The molecule has 1 aromatic rings. The maximum atomic E-state index is 10.4. The molecular weight excluding hydrogens is 224 g/mol. The zero-order valence-corrected chi connectivity index (χ0v) is 9.80. The number of nitrogens with zero attached hydrogens (tertiary/aromatic N) is 1. The van der Waals surface area contributed by atoms with Crippen LogP contribution in [0.15, 0.2) is 18.3 Å². The number of nitrogens with one attached hydrogen (secondary N) is 1. The number of hydrogen-bond acceptors (Lipinski definition) is 4. The number of carbonyl (C=O) groups is 1. The van der Waals surface area contributed by atoms with Crippen LogP contribution in [0.4, 0.5) is 10.5 Å². The Bertz CT molecular complexity index is 387. The number of carboxylic acid groups (broad SMARTS) is 1. The lowest BCUT2D eigenvalue weighted by Crippen LogP contribution is -2.22. The summed E-state index contributed by atoms with van der Waals surface area (Å²) in [5.41, 5.74) is -0.400. The molecule has 6 nitrogen and oxygen atoms in total. The summed E-state index contributed by atoms with van der Waals surface area (Å²) in [5, 5.41) is 20.2. The molecule has 0 saturated heterocycles. The molecule has 1 rings (SSSR count). The van der Waals surface area contributed by atoms with Crippen LogP contribution in [0.1, 0.15) is 20.3 Å². The number of rotatable bonds is 5. The first-order chi connectivity index (χ1) is 7.87. The van der Waals surface area contributed by atoms with Crippen molar-refractivity contribution in [3.63, 3.8) is 0 Å². The fourth-order valence-corrected chi connectivity index (χ4v) is 1.09. The Kier molecular flexibility index (Phi) is 4.28. The molecule has 0 fully saturated rings. The third kappa shape index (κ3) is 5.72. The van der Waals surface area contributed by atoms with Crippen LogP contribution in [0.25, 0.3) is 0 Å². The third-order valence-electron chi connectivity index (χ3n) is 1.95. The second kappa shape index (κ2) is 5.49. The highest BCUT2D eigenvalue weighted by atomic mass is 16.5. The SMILES string of the molecule is CC(C)(O)CCOc1cc(NC(=O)O)ccn1. The maximum absolute atomic E-state index is 10.4. The average molecular weight is 240 g/mol. The molecular formula is C11H16N2O4. The fourth-order valence-electron chi connectivity index (χ4n) is 1.09. The van der Waals surface area contributed by atoms with Gasteiger partial charge in [0.1, 0.15) is 0 Å². The van der Waals surface area contributed by atoms with Crippen LogP contribution >= 0.6 is 0 Å². The number of aromatic nitrogens is 1. The summed E-state index contributed by atoms with van der Waals surface area (Å²) >= 11 is 0. The van der Waals surface area contributed by atoms with Crippen molar-refractivity contribution in [1.82, 2.24) is 4.98 Å². The van der Waals surface area contributed by atoms with Crippen molar-refractivity contribution < 1.29 is 19.7 Å². The van der Waals surface area contributed by atoms with Crippen molar-refractivity contribution in [2.75, 3.05) is 11.9 Å². The minimum Gasteiger partial charge on any atom is -0.477 e. The number of anilines is 1.